The van der Waals surface area contributed by atoms with Gasteiger partial charge in [-0.15, -0.1) is 0 Å². The summed E-state index contributed by atoms with van der Waals surface area (Å²) in [5, 5.41) is 0. The fraction of sp³-hybridized carbons (Fsp3) is 0.286. The van der Waals surface area contributed by atoms with E-state index < -0.39 is 0 Å². The lowest BCUT2D eigenvalue weighted by Crippen LogP contribution is -2.17. The number of hydrogen-bond acceptors (Lipinski definition) is 1. The quantitative estimate of drug-likeness (QED) is 0.671. The number of aryl methyl sites for hydroxylation is 1. The summed E-state index contributed by atoms with van der Waals surface area (Å²) in [5.41, 5.74) is 5.53. The molecule has 0 N–H and O–H groups in total. The van der Waals surface area contributed by atoms with Crippen LogP contribution in [0.2, 0.25) is 0 Å². The minimum Gasteiger partial charge on any atom is -0.376 e. The Bertz CT molecular complexity index is 427. The van der Waals surface area contributed by atoms with E-state index in [-0.39, 0.29) is 0 Å². The van der Waals surface area contributed by atoms with Crippen molar-refractivity contribution in [1.29, 1.82) is 0 Å². The monoisotopic (exact) mass is 199 g/mol. The first-order chi connectivity index (χ1) is 7.18. The SMILES string of the molecule is CC1=C(c2ccccc2C)C=CN(C)C1. The summed E-state index contributed by atoms with van der Waals surface area (Å²) in [6.45, 7) is 5.41. The smallest absolute Gasteiger partial charge is 0.0386 e. The summed E-state index contributed by atoms with van der Waals surface area (Å²) in [5.74, 6) is 0. The second-order valence-corrected chi connectivity index (χ2v) is 4.24. The van der Waals surface area contributed by atoms with Gasteiger partial charge in [-0.1, -0.05) is 24.3 Å². The minimum atomic E-state index is 1.03. The van der Waals surface area contributed by atoms with Crippen LogP contribution in [0.3, 0.4) is 0 Å². The number of benzene rings is 1. The number of rotatable bonds is 1. The van der Waals surface area contributed by atoms with Crippen molar-refractivity contribution in [2.24, 2.45) is 0 Å². The second-order valence-electron chi connectivity index (χ2n) is 4.24. The first-order valence-electron chi connectivity index (χ1n) is 5.32. The lowest BCUT2D eigenvalue weighted by molar-refractivity contribution is 0.492. The van der Waals surface area contributed by atoms with Crippen LogP contribution in [-0.2, 0) is 0 Å². The molecule has 1 heterocycles. The van der Waals surface area contributed by atoms with Crippen LogP contribution < -0.4 is 0 Å². The molecule has 0 atom stereocenters. The van der Waals surface area contributed by atoms with Crippen LogP contribution in [-0.4, -0.2) is 18.5 Å². The molecule has 0 unspecified atom stereocenters. The van der Waals surface area contributed by atoms with Gasteiger partial charge in [0.25, 0.3) is 0 Å². The number of hydrogen-bond donors (Lipinski definition) is 0. The Labute approximate surface area is 91.7 Å². The van der Waals surface area contributed by atoms with Gasteiger partial charge in [-0.05, 0) is 48.4 Å². The van der Waals surface area contributed by atoms with E-state index in [4.69, 9.17) is 0 Å². The molecular weight excluding hydrogens is 182 g/mol. The molecule has 0 saturated heterocycles. The molecule has 0 amide bonds. The third-order valence-electron chi connectivity index (χ3n) is 2.88. The van der Waals surface area contributed by atoms with Crippen molar-refractivity contribution in [3.8, 4) is 0 Å². The number of allylic oxidation sites excluding steroid dienone is 2. The highest BCUT2D eigenvalue weighted by Gasteiger charge is 2.10. The highest BCUT2D eigenvalue weighted by molar-refractivity contribution is 5.79. The molecule has 0 saturated carbocycles. The average molecular weight is 199 g/mol. The lowest BCUT2D eigenvalue weighted by Gasteiger charge is -2.22. The van der Waals surface area contributed by atoms with Crippen LogP contribution in [0, 0.1) is 6.92 Å². The Hall–Kier alpha value is -1.50. The second kappa shape index (κ2) is 3.93. The van der Waals surface area contributed by atoms with Crippen molar-refractivity contribution in [2.75, 3.05) is 13.6 Å². The molecule has 0 aliphatic carbocycles. The Morgan fingerprint density at radius 3 is 2.53 bits per heavy atom. The first kappa shape index (κ1) is 10.0. The summed E-state index contributed by atoms with van der Waals surface area (Å²) in [6.07, 6.45) is 4.36. The maximum absolute atomic E-state index is 2.21. The normalized spacial score (nSPS) is 16.1. The molecular formula is C14H17N. The van der Waals surface area contributed by atoms with E-state index in [9.17, 15) is 0 Å². The Balaban J connectivity index is 2.45. The molecule has 15 heavy (non-hydrogen) atoms. The first-order valence-corrected chi connectivity index (χ1v) is 5.32. The third kappa shape index (κ3) is 1.96. The van der Waals surface area contributed by atoms with Gasteiger partial charge in [-0.3, -0.25) is 0 Å². The van der Waals surface area contributed by atoms with Crippen LogP contribution in [0.25, 0.3) is 5.57 Å². The molecule has 1 heteroatoms. The summed E-state index contributed by atoms with van der Waals surface area (Å²) in [4.78, 5) is 2.21. The summed E-state index contributed by atoms with van der Waals surface area (Å²) < 4.78 is 0. The lowest BCUT2D eigenvalue weighted by atomic mass is 9.95. The maximum atomic E-state index is 2.21. The average Bonchev–Trinajstić information content (AvgIpc) is 2.20. The molecule has 0 aromatic heterocycles. The largest absolute Gasteiger partial charge is 0.376 e. The van der Waals surface area contributed by atoms with Crippen molar-refractivity contribution in [3.63, 3.8) is 0 Å². The summed E-state index contributed by atoms with van der Waals surface area (Å²) >= 11 is 0. The fourth-order valence-electron chi connectivity index (χ4n) is 2.05. The zero-order valence-electron chi connectivity index (χ0n) is 9.62. The van der Waals surface area contributed by atoms with Gasteiger partial charge < -0.3 is 4.90 Å². The van der Waals surface area contributed by atoms with Gasteiger partial charge in [0.1, 0.15) is 0 Å². The zero-order chi connectivity index (χ0) is 10.8. The summed E-state index contributed by atoms with van der Waals surface area (Å²) in [6, 6.07) is 8.56. The molecule has 0 fully saturated rings. The van der Waals surface area contributed by atoms with E-state index in [0.29, 0.717) is 0 Å². The van der Waals surface area contributed by atoms with E-state index in [0.717, 1.165) is 6.54 Å². The maximum Gasteiger partial charge on any atom is 0.0386 e. The number of likely N-dealkylation sites (N-methyl/N-ethyl adjacent to an activating group) is 1. The van der Waals surface area contributed by atoms with Crippen LogP contribution in [0.5, 0.6) is 0 Å². The van der Waals surface area contributed by atoms with Gasteiger partial charge >= 0.3 is 0 Å². The Morgan fingerprint density at radius 1 is 1.13 bits per heavy atom. The van der Waals surface area contributed by atoms with Gasteiger partial charge in [-0.25, -0.2) is 0 Å². The van der Waals surface area contributed by atoms with E-state index in [1.54, 1.807) is 0 Å². The standard InChI is InChI=1S/C14H17N/c1-11-6-4-5-7-13(11)14-8-9-15(3)10-12(14)2/h4-9H,10H2,1-3H3. The molecule has 78 valence electrons. The molecule has 0 radical (unpaired) electrons. The van der Waals surface area contributed by atoms with E-state index >= 15 is 0 Å². The van der Waals surface area contributed by atoms with Gasteiger partial charge in [0, 0.05) is 13.6 Å². The summed E-state index contributed by atoms with van der Waals surface area (Å²) in [7, 11) is 2.11. The van der Waals surface area contributed by atoms with Gasteiger partial charge in [-0.2, -0.15) is 0 Å². The molecule has 1 aliphatic rings. The number of nitrogens with zero attached hydrogens (tertiary/aromatic N) is 1. The molecule has 1 aliphatic heterocycles. The van der Waals surface area contributed by atoms with E-state index in [1.807, 2.05) is 0 Å². The van der Waals surface area contributed by atoms with Crippen molar-refractivity contribution >= 4 is 5.57 Å². The molecule has 0 bridgehead atoms. The van der Waals surface area contributed by atoms with Crippen molar-refractivity contribution < 1.29 is 0 Å². The van der Waals surface area contributed by atoms with Crippen LogP contribution in [0.1, 0.15) is 18.1 Å². The zero-order valence-corrected chi connectivity index (χ0v) is 9.62. The van der Waals surface area contributed by atoms with Crippen molar-refractivity contribution in [3.05, 3.63) is 53.2 Å². The van der Waals surface area contributed by atoms with Crippen LogP contribution >= 0.6 is 0 Å². The van der Waals surface area contributed by atoms with Crippen LogP contribution in [0.4, 0.5) is 0 Å². The highest BCUT2D eigenvalue weighted by Crippen LogP contribution is 2.26. The molecule has 1 nitrogen and oxygen atoms in total. The molecule has 1 aromatic carbocycles. The third-order valence-corrected chi connectivity index (χ3v) is 2.88. The fourth-order valence-corrected chi connectivity index (χ4v) is 2.05. The van der Waals surface area contributed by atoms with Gasteiger partial charge in [0.05, 0.1) is 0 Å². The van der Waals surface area contributed by atoms with E-state index in [2.05, 4.69) is 62.3 Å². The minimum absolute atomic E-state index is 1.03. The van der Waals surface area contributed by atoms with E-state index in [1.165, 1.54) is 22.3 Å². The van der Waals surface area contributed by atoms with Crippen LogP contribution in [0.15, 0.2) is 42.1 Å². The topological polar surface area (TPSA) is 3.24 Å². The highest BCUT2D eigenvalue weighted by atomic mass is 15.1. The Kier molecular flexibility index (Phi) is 2.63. The predicted octanol–water partition coefficient (Wildman–Crippen LogP) is 3.23. The predicted molar refractivity (Wildman–Crippen MR) is 65.5 cm³/mol. The van der Waals surface area contributed by atoms with Crippen molar-refractivity contribution in [1.82, 2.24) is 4.90 Å². The molecule has 0 spiro atoms. The molecule has 1 aromatic rings. The van der Waals surface area contributed by atoms with Gasteiger partial charge in [0.15, 0.2) is 0 Å². The Morgan fingerprint density at radius 2 is 1.87 bits per heavy atom. The van der Waals surface area contributed by atoms with Gasteiger partial charge in [0.2, 0.25) is 0 Å². The van der Waals surface area contributed by atoms with Crippen molar-refractivity contribution in [2.45, 2.75) is 13.8 Å². The molecule has 2 rings (SSSR count).